The molecule has 0 aliphatic heterocycles. The number of hydrogen-bond donors (Lipinski definition) is 0. The average Bonchev–Trinajstić information content (AvgIpc) is 3.19. The van der Waals surface area contributed by atoms with Crippen molar-refractivity contribution < 1.29 is 13.2 Å². The van der Waals surface area contributed by atoms with E-state index in [1.807, 2.05) is 49.2 Å². The van der Waals surface area contributed by atoms with Gasteiger partial charge in [0, 0.05) is 18.7 Å². The summed E-state index contributed by atoms with van der Waals surface area (Å²) in [6, 6.07) is 15.0. The monoisotopic (exact) mass is 400 g/mol. The number of carbonyl (C=O) groups excluding carboxylic acids is 1. The van der Waals surface area contributed by atoms with Crippen LogP contribution < -0.4 is 4.31 Å². The van der Waals surface area contributed by atoms with Gasteiger partial charge in [-0.25, -0.2) is 8.42 Å². The van der Waals surface area contributed by atoms with E-state index in [2.05, 4.69) is 0 Å². The first-order valence-corrected chi connectivity index (χ1v) is 11.5. The number of benzene rings is 2. The highest BCUT2D eigenvalue weighted by molar-refractivity contribution is 7.92. The van der Waals surface area contributed by atoms with E-state index >= 15 is 0 Å². The van der Waals surface area contributed by atoms with Crippen LogP contribution in [0.2, 0.25) is 0 Å². The molecule has 0 heterocycles. The first-order chi connectivity index (χ1) is 13.3. The number of nitrogens with zero attached hydrogens (tertiary/aromatic N) is 2. The number of rotatable bonds is 6. The van der Waals surface area contributed by atoms with E-state index in [0.717, 1.165) is 24.0 Å². The molecule has 1 aliphatic carbocycles. The molecule has 2 aromatic rings. The van der Waals surface area contributed by atoms with Gasteiger partial charge < -0.3 is 4.90 Å². The van der Waals surface area contributed by atoms with Gasteiger partial charge in [0.1, 0.15) is 0 Å². The zero-order valence-electron chi connectivity index (χ0n) is 16.8. The third kappa shape index (κ3) is 4.73. The van der Waals surface area contributed by atoms with Gasteiger partial charge in [-0.1, -0.05) is 37.1 Å². The number of amides is 1. The fraction of sp³-hybridized carbons (Fsp3) is 0.409. The maximum Gasteiger partial charge on any atom is 0.253 e. The molecule has 0 N–H and O–H groups in total. The minimum Gasteiger partial charge on any atom is -0.339 e. The summed E-state index contributed by atoms with van der Waals surface area (Å²) in [7, 11) is -1.56. The Balaban J connectivity index is 1.77. The van der Waals surface area contributed by atoms with Crippen LogP contribution >= 0.6 is 0 Å². The minimum atomic E-state index is -3.43. The molecule has 150 valence electrons. The predicted molar refractivity (Wildman–Crippen MR) is 113 cm³/mol. The van der Waals surface area contributed by atoms with E-state index in [1.54, 1.807) is 18.2 Å². The summed E-state index contributed by atoms with van der Waals surface area (Å²) in [5.74, 6) is 0.0251. The molecule has 1 amide bonds. The second-order valence-electron chi connectivity index (χ2n) is 7.66. The molecule has 0 saturated heterocycles. The summed E-state index contributed by atoms with van der Waals surface area (Å²) >= 11 is 0. The Bertz CT molecular complexity index is 933. The number of aryl methyl sites for hydroxylation is 1. The highest BCUT2D eigenvalue weighted by Gasteiger charge is 2.24. The Kier molecular flexibility index (Phi) is 6.08. The van der Waals surface area contributed by atoms with Crippen LogP contribution in [0, 0.1) is 6.92 Å². The fourth-order valence-electron chi connectivity index (χ4n) is 3.76. The van der Waals surface area contributed by atoms with E-state index in [9.17, 15) is 13.2 Å². The third-order valence-corrected chi connectivity index (χ3v) is 6.55. The van der Waals surface area contributed by atoms with Crippen molar-refractivity contribution in [2.45, 2.75) is 45.2 Å². The number of carbonyl (C=O) groups is 1. The Labute approximate surface area is 168 Å². The summed E-state index contributed by atoms with van der Waals surface area (Å²) < 4.78 is 26.0. The van der Waals surface area contributed by atoms with Crippen molar-refractivity contribution in [2.24, 2.45) is 0 Å². The Morgan fingerprint density at radius 2 is 1.71 bits per heavy atom. The van der Waals surface area contributed by atoms with Crippen LogP contribution in [0.5, 0.6) is 0 Å². The topological polar surface area (TPSA) is 57.7 Å². The highest BCUT2D eigenvalue weighted by Crippen LogP contribution is 2.25. The average molecular weight is 401 g/mol. The summed E-state index contributed by atoms with van der Waals surface area (Å²) in [6.45, 7) is 2.17. The predicted octanol–water partition coefficient (Wildman–Crippen LogP) is 3.98. The SMILES string of the molecule is Cc1cccc(N(Cc2ccc(C(=O)N(C)C3CCCC3)cc2)S(C)(=O)=O)c1. The second-order valence-corrected chi connectivity index (χ2v) is 9.57. The van der Waals surface area contributed by atoms with E-state index in [-0.39, 0.29) is 12.5 Å². The third-order valence-electron chi connectivity index (χ3n) is 5.41. The van der Waals surface area contributed by atoms with Crippen molar-refractivity contribution in [3.63, 3.8) is 0 Å². The molecule has 5 nitrogen and oxygen atoms in total. The Hall–Kier alpha value is -2.34. The fourth-order valence-corrected chi connectivity index (χ4v) is 4.64. The molecule has 0 atom stereocenters. The van der Waals surface area contributed by atoms with Crippen molar-refractivity contribution in [1.29, 1.82) is 0 Å². The van der Waals surface area contributed by atoms with Crippen LogP contribution in [0.15, 0.2) is 48.5 Å². The zero-order chi connectivity index (χ0) is 20.3. The molecule has 3 rings (SSSR count). The normalized spacial score (nSPS) is 14.8. The maximum absolute atomic E-state index is 12.7. The Morgan fingerprint density at radius 3 is 2.29 bits per heavy atom. The van der Waals surface area contributed by atoms with Gasteiger partial charge >= 0.3 is 0 Å². The quantitative estimate of drug-likeness (QED) is 0.737. The molecule has 0 aromatic heterocycles. The lowest BCUT2D eigenvalue weighted by Crippen LogP contribution is -2.35. The van der Waals surface area contributed by atoms with Gasteiger partial charge in [0.15, 0.2) is 0 Å². The number of anilines is 1. The molecular weight excluding hydrogens is 372 g/mol. The van der Waals surface area contributed by atoms with Crippen LogP contribution in [0.3, 0.4) is 0 Å². The van der Waals surface area contributed by atoms with Crippen molar-refractivity contribution in [1.82, 2.24) is 4.90 Å². The van der Waals surface area contributed by atoms with E-state index in [0.29, 0.717) is 17.3 Å². The molecule has 28 heavy (non-hydrogen) atoms. The van der Waals surface area contributed by atoms with Crippen LogP contribution in [0.25, 0.3) is 0 Å². The van der Waals surface area contributed by atoms with E-state index in [1.165, 1.54) is 23.4 Å². The maximum atomic E-state index is 12.7. The summed E-state index contributed by atoms with van der Waals surface area (Å²) in [5, 5.41) is 0. The number of hydrogen-bond acceptors (Lipinski definition) is 3. The van der Waals surface area contributed by atoms with Gasteiger partial charge in [-0.2, -0.15) is 0 Å². The van der Waals surface area contributed by atoms with Gasteiger partial charge in [-0.05, 0) is 55.2 Å². The van der Waals surface area contributed by atoms with Crippen molar-refractivity contribution in [3.05, 3.63) is 65.2 Å². The zero-order valence-corrected chi connectivity index (χ0v) is 17.6. The summed E-state index contributed by atoms with van der Waals surface area (Å²) in [5.41, 5.74) is 3.12. The van der Waals surface area contributed by atoms with Crippen LogP contribution in [-0.2, 0) is 16.6 Å². The van der Waals surface area contributed by atoms with Gasteiger partial charge in [-0.3, -0.25) is 9.10 Å². The lowest BCUT2D eigenvalue weighted by atomic mass is 10.1. The first kappa shape index (κ1) is 20.4. The molecule has 0 unspecified atom stereocenters. The first-order valence-electron chi connectivity index (χ1n) is 9.66. The van der Waals surface area contributed by atoms with Gasteiger partial charge in [-0.15, -0.1) is 0 Å². The van der Waals surface area contributed by atoms with Crippen LogP contribution in [-0.4, -0.2) is 38.6 Å². The van der Waals surface area contributed by atoms with Crippen LogP contribution in [0.1, 0.15) is 47.2 Å². The van der Waals surface area contributed by atoms with E-state index < -0.39 is 10.0 Å². The smallest absolute Gasteiger partial charge is 0.253 e. The molecular formula is C22H28N2O3S. The molecule has 1 aliphatic rings. The van der Waals surface area contributed by atoms with E-state index in [4.69, 9.17) is 0 Å². The molecule has 0 radical (unpaired) electrons. The molecule has 1 fully saturated rings. The standard InChI is InChI=1S/C22H28N2O3S/c1-17-7-6-10-21(15-17)24(28(3,26)27)16-18-11-13-19(14-12-18)22(25)23(2)20-8-4-5-9-20/h6-7,10-15,20H,4-5,8-9,16H2,1-3H3. The Morgan fingerprint density at radius 1 is 1.07 bits per heavy atom. The molecule has 2 aromatic carbocycles. The minimum absolute atomic E-state index is 0.0251. The lowest BCUT2D eigenvalue weighted by molar-refractivity contribution is 0.0735. The second kappa shape index (κ2) is 8.35. The van der Waals surface area contributed by atoms with Crippen molar-refractivity contribution >= 4 is 21.6 Å². The molecule has 0 bridgehead atoms. The van der Waals surface area contributed by atoms with Gasteiger partial charge in [0.2, 0.25) is 10.0 Å². The molecule has 0 spiro atoms. The largest absolute Gasteiger partial charge is 0.339 e. The molecule has 6 heteroatoms. The van der Waals surface area contributed by atoms with Crippen molar-refractivity contribution in [3.8, 4) is 0 Å². The van der Waals surface area contributed by atoms with Gasteiger partial charge in [0.25, 0.3) is 5.91 Å². The highest BCUT2D eigenvalue weighted by atomic mass is 32.2. The van der Waals surface area contributed by atoms with Gasteiger partial charge in [0.05, 0.1) is 18.5 Å². The summed E-state index contributed by atoms with van der Waals surface area (Å²) in [6.07, 6.45) is 5.72. The molecule has 1 saturated carbocycles. The summed E-state index contributed by atoms with van der Waals surface area (Å²) in [4.78, 5) is 14.5. The van der Waals surface area contributed by atoms with Crippen molar-refractivity contribution in [2.75, 3.05) is 17.6 Å². The number of sulfonamides is 1. The van der Waals surface area contributed by atoms with Crippen LogP contribution in [0.4, 0.5) is 5.69 Å². The lowest BCUT2D eigenvalue weighted by Gasteiger charge is -2.25.